The van der Waals surface area contributed by atoms with Crippen LogP contribution in [0.15, 0.2) is 0 Å². The van der Waals surface area contributed by atoms with Gasteiger partial charge in [-0.3, -0.25) is 0 Å². The molecule has 1 saturated carbocycles. The number of hydrogen-bond donors (Lipinski definition) is 1. The van der Waals surface area contributed by atoms with E-state index in [4.69, 9.17) is 0 Å². The molecular weight excluding hydrogens is 305 g/mol. The SMILES string of the molecule is CS(=O)(=O)N1CC[C@H](CN[C@@H]2CCC[C@H](C(F)(F)F)C2)C1. The second-order valence-electron chi connectivity index (χ2n) is 6.29. The molecule has 1 heterocycles. The summed E-state index contributed by atoms with van der Waals surface area (Å²) in [6, 6.07) is -0.0994. The molecule has 0 amide bonds. The molecule has 0 aromatic rings. The average Bonchev–Trinajstić information content (AvgIpc) is 2.84. The maximum absolute atomic E-state index is 12.7. The van der Waals surface area contributed by atoms with Gasteiger partial charge in [-0.2, -0.15) is 13.2 Å². The van der Waals surface area contributed by atoms with E-state index in [1.165, 1.54) is 10.6 Å². The molecule has 124 valence electrons. The fourth-order valence-corrected chi connectivity index (χ4v) is 4.19. The van der Waals surface area contributed by atoms with Crippen molar-refractivity contribution in [3.05, 3.63) is 0 Å². The third kappa shape index (κ3) is 4.82. The Balaban J connectivity index is 1.76. The summed E-state index contributed by atoms with van der Waals surface area (Å²) in [5.41, 5.74) is 0. The van der Waals surface area contributed by atoms with E-state index in [0.29, 0.717) is 26.1 Å². The number of sulfonamides is 1. The maximum Gasteiger partial charge on any atom is 0.391 e. The summed E-state index contributed by atoms with van der Waals surface area (Å²) in [6.07, 6.45) is -0.385. The first kappa shape index (κ1) is 17.0. The number of rotatable bonds is 4. The third-order valence-electron chi connectivity index (χ3n) is 4.55. The lowest BCUT2D eigenvalue weighted by atomic mass is 9.85. The van der Waals surface area contributed by atoms with Crippen molar-refractivity contribution >= 4 is 10.0 Å². The van der Waals surface area contributed by atoms with Crippen molar-refractivity contribution in [1.82, 2.24) is 9.62 Å². The van der Waals surface area contributed by atoms with Gasteiger partial charge < -0.3 is 5.32 Å². The molecule has 0 unspecified atom stereocenters. The van der Waals surface area contributed by atoms with Crippen LogP contribution in [0.3, 0.4) is 0 Å². The Morgan fingerprint density at radius 1 is 1.24 bits per heavy atom. The molecule has 1 saturated heterocycles. The number of nitrogens with zero attached hydrogens (tertiary/aromatic N) is 1. The summed E-state index contributed by atoms with van der Waals surface area (Å²) < 4.78 is 62.5. The second-order valence-corrected chi connectivity index (χ2v) is 8.27. The predicted octanol–water partition coefficient (Wildman–Crippen LogP) is 1.98. The molecule has 4 nitrogen and oxygen atoms in total. The Bertz CT molecular complexity index is 453. The van der Waals surface area contributed by atoms with Crippen molar-refractivity contribution in [2.24, 2.45) is 11.8 Å². The highest BCUT2D eigenvalue weighted by atomic mass is 32.2. The van der Waals surface area contributed by atoms with Crippen LogP contribution in [0.1, 0.15) is 32.1 Å². The first-order chi connectivity index (χ1) is 9.66. The van der Waals surface area contributed by atoms with Gasteiger partial charge in [0.05, 0.1) is 12.2 Å². The van der Waals surface area contributed by atoms with E-state index >= 15 is 0 Å². The minimum absolute atomic E-state index is 0.0994. The van der Waals surface area contributed by atoms with Gasteiger partial charge in [0, 0.05) is 19.1 Å². The van der Waals surface area contributed by atoms with Gasteiger partial charge in [-0.25, -0.2) is 12.7 Å². The topological polar surface area (TPSA) is 49.4 Å². The van der Waals surface area contributed by atoms with Gasteiger partial charge in [-0.15, -0.1) is 0 Å². The average molecular weight is 328 g/mol. The summed E-state index contributed by atoms with van der Waals surface area (Å²) >= 11 is 0. The zero-order chi connectivity index (χ0) is 15.7. The van der Waals surface area contributed by atoms with E-state index < -0.39 is 22.1 Å². The zero-order valence-corrected chi connectivity index (χ0v) is 13.0. The van der Waals surface area contributed by atoms with Gasteiger partial charge in [0.15, 0.2) is 0 Å². The van der Waals surface area contributed by atoms with Crippen molar-refractivity contribution in [1.29, 1.82) is 0 Å². The van der Waals surface area contributed by atoms with E-state index in [9.17, 15) is 21.6 Å². The standard InChI is InChI=1S/C13H23F3N2O2S/c1-21(19,20)18-6-5-10(9-18)8-17-12-4-2-3-11(7-12)13(14,15)16/h10-12,17H,2-9H2,1H3/t10-,11+,12-/m1/s1. The van der Waals surface area contributed by atoms with Gasteiger partial charge >= 0.3 is 6.18 Å². The predicted molar refractivity (Wildman–Crippen MR) is 74.3 cm³/mol. The van der Waals surface area contributed by atoms with E-state index in [1.54, 1.807) is 0 Å². The smallest absolute Gasteiger partial charge is 0.314 e. The Morgan fingerprint density at radius 2 is 1.95 bits per heavy atom. The monoisotopic (exact) mass is 328 g/mol. The number of nitrogens with one attached hydrogen (secondary N) is 1. The van der Waals surface area contributed by atoms with E-state index in [1.807, 2.05) is 0 Å². The van der Waals surface area contributed by atoms with Crippen LogP contribution < -0.4 is 5.32 Å². The summed E-state index contributed by atoms with van der Waals surface area (Å²) in [5, 5.41) is 3.22. The summed E-state index contributed by atoms with van der Waals surface area (Å²) in [7, 11) is -3.15. The van der Waals surface area contributed by atoms with Gasteiger partial charge in [0.1, 0.15) is 0 Å². The highest BCUT2D eigenvalue weighted by molar-refractivity contribution is 7.88. The molecule has 21 heavy (non-hydrogen) atoms. The largest absolute Gasteiger partial charge is 0.391 e. The maximum atomic E-state index is 12.7. The fourth-order valence-electron chi connectivity index (χ4n) is 3.27. The molecule has 0 radical (unpaired) electrons. The summed E-state index contributed by atoms with van der Waals surface area (Å²) in [6.45, 7) is 1.59. The minimum Gasteiger partial charge on any atom is -0.314 e. The quantitative estimate of drug-likeness (QED) is 0.858. The first-order valence-electron chi connectivity index (χ1n) is 7.41. The van der Waals surface area contributed by atoms with Crippen LogP contribution >= 0.6 is 0 Å². The number of hydrogen-bond acceptors (Lipinski definition) is 3. The lowest BCUT2D eigenvalue weighted by molar-refractivity contribution is -0.183. The summed E-state index contributed by atoms with van der Waals surface area (Å²) in [4.78, 5) is 0. The highest BCUT2D eigenvalue weighted by Gasteiger charge is 2.42. The first-order valence-corrected chi connectivity index (χ1v) is 9.26. The molecule has 1 aliphatic heterocycles. The van der Waals surface area contributed by atoms with Gasteiger partial charge in [-0.05, 0) is 38.1 Å². The third-order valence-corrected chi connectivity index (χ3v) is 5.82. The second kappa shape index (κ2) is 6.42. The van der Waals surface area contributed by atoms with E-state index in [2.05, 4.69) is 5.32 Å². The molecule has 0 aromatic heterocycles. The Morgan fingerprint density at radius 3 is 2.52 bits per heavy atom. The molecule has 0 aromatic carbocycles. The Labute approximate surface area is 124 Å². The van der Waals surface area contributed by atoms with Crippen LogP contribution in [0.2, 0.25) is 0 Å². The van der Waals surface area contributed by atoms with Gasteiger partial charge in [-0.1, -0.05) is 6.42 Å². The van der Waals surface area contributed by atoms with Gasteiger partial charge in [0.25, 0.3) is 0 Å². The molecule has 3 atom stereocenters. The Kier molecular flexibility index (Phi) is 5.20. The van der Waals surface area contributed by atoms with Crippen molar-refractivity contribution in [2.75, 3.05) is 25.9 Å². The molecule has 2 rings (SSSR count). The van der Waals surface area contributed by atoms with Crippen LogP contribution in [0.25, 0.3) is 0 Å². The van der Waals surface area contributed by atoms with Crippen molar-refractivity contribution < 1.29 is 21.6 Å². The number of halogens is 3. The molecule has 2 fully saturated rings. The van der Waals surface area contributed by atoms with Crippen LogP contribution in [-0.4, -0.2) is 50.8 Å². The van der Waals surface area contributed by atoms with Crippen LogP contribution in [0.5, 0.6) is 0 Å². The normalized spacial score (nSPS) is 32.5. The molecule has 2 aliphatic rings. The molecule has 1 N–H and O–H groups in total. The summed E-state index contributed by atoms with van der Waals surface area (Å²) in [5.74, 6) is -0.995. The van der Waals surface area contributed by atoms with E-state index in [-0.39, 0.29) is 24.8 Å². The van der Waals surface area contributed by atoms with Gasteiger partial charge in [0.2, 0.25) is 10.0 Å². The van der Waals surface area contributed by atoms with Crippen molar-refractivity contribution in [3.63, 3.8) is 0 Å². The van der Waals surface area contributed by atoms with Crippen LogP contribution in [0, 0.1) is 11.8 Å². The number of alkyl halides is 3. The van der Waals surface area contributed by atoms with Crippen molar-refractivity contribution in [3.8, 4) is 0 Å². The van der Waals surface area contributed by atoms with E-state index in [0.717, 1.165) is 12.8 Å². The molecule has 1 aliphatic carbocycles. The fraction of sp³-hybridized carbons (Fsp3) is 1.00. The molecule has 0 spiro atoms. The lowest BCUT2D eigenvalue weighted by Gasteiger charge is -2.31. The van der Waals surface area contributed by atoms with Crippen molar-refractivity contribution in [2.45, 2.75) is 44.3 Å². The van der Waals surface area contributed by atoms with Crippen LogP contribution in [0.4, 0.5) is 13.2 Å². The van der Waals surface area contributed by atoms with Crippen LogP contribution in [-0.2, 0) is 10.0 Å². The zero-order valence-electron chi connectivity index (χ0n) is 12.2. The minimum atomic E-state index is -4.10. The Hall–Kier alpha value is -0.340. The lowest BCUT2D eigenvalue weighted by Crippen LogP contribution is -2.41. The molecular formula is C13H23F3N2O2S. The molecule has 0 bridgehead atoms. The highest BCUT2D eigenvalue weighted by Crippen LogP contribution is 2.37. The molecule has 8 heteroatoms.